The summed E-state index contributed by atoms with van der Waals surface area (Å²) in [6, 6.07) is 0. The van der Waals surface area contributed by atoms with E-state index in [1.165, 1.54) is 13.0 Å². The van der Waals surface area contributed by atoms with Crippen molar-refractivity contribution >= 4 is 9.90 Å². The van der Waals surface area contributed by atoms with Gasteiger partial charge in [0.1, 0.15) is 0 Å². The zero-order valence-corrected chi connectivity index (χ0v) is 6.60. The Labute approximate surface area is 54.2 Å². The number of rotatable bonds is 1. The van der Waals surface area contributed by atoms with E-state index >= 15 is 0 Å². The van der Waals surface area contributed by atoms with Gasteiger partial charge in [-0.05, 0) is 18.9 Å². The summed E-state index contributed by atoms with van der Waals surface area (Å²) >= 11 is 0. The first-order valence-corrected chi connectivity index (χ1v) is 2.77. The summed E-state index contributed by atoms with van der Waals surface area (Å²) in [5.41, 5.74) is 0. The lowest BCUT2D eigenvalue weighted by molar-refractivity contribution is 0.730. The summed E-state index contributed by atoms with van der Waals surface area (Å²) in [5, 5.41) is 3.25. The van der Waals surface area contributed by atoms with Crippen LogP contribution in [0.25, 0.3) is 0 Å². The van der Waals surface area contributed by atoms with Crippen LogP contribution in [-0.4, -0.2) is 13.1 Å². The molecule has 0 bridgehead atoms. The molecular weight excluding hydrogens is 117 g/mol. The minimum Gasteiger partial charge on any atom is -0.316 e. The Balaban J connectivity index is 0.000000490. The molecule has 0 aromatic rings. The zero-order chi connectivity index (χ0) is 5.11. The molecule has 2 unspecified atom stereocenters. The van der Waals surface area contributed by atoms with Crippen molar-refractivity contribution in [2.45, 2.75) is 6.42 Å². The summed E-state index contributed by atoms with van der Waals surface area (Å²) in [7, 11) is 0. The highest BCUT2D eigenvalue weighted by Gasteiger charge is 2.08. The second-order valence-electron chi connectivity index (χ2n) is 1.99. The van der Waals surface area contributed by atoms with Gasteiger partial charge in [-0.25, -0.2) is 0 Å². The van der Waals surface area contributed by atoms with Crippen LogP contribution < -0.4 is 5.32 Å². The summed E-state index contributed by atoms with van der Waals surface area (Å²) in [6.45, 7) is 6.02. The topological polar surface area (TPSA) is 12.0 Å². The predicted molar refractivity (Wildman–Crippen MR) is 42.3 cm³/mol. The van der Waals surface area contributed by atoms with E-state index in [1.807, 2.05) is 6.08 Å². The van der Waals surface area contributed by atoms with Gasteiger partial charge in [-0.2, -0.15) is 9.90 Å². The van der Waals surface area contributed by atoms with Crippen molar-refractivity contribution in [3.8, 4) is 0 Å². The zero-order valence-electron chi connectivity index (χ0n) is 5.19. The van der Waals surface area contributed by atoms with Gasteiger partial charge in [-0.1, -0.05) is 6.08 Å². The van der Waals surface area contributed by atoms with Gasteiger partial charge in [0.25, 0.3) is 0 Å². The highest BCUT2D eigenvalue weighted by atomic mass is 31.0. The van der Waals surface area contributed by atoms with Gasteiger partial charge in [-0.3, -0.25) is 0 Å². The van der Waals surface area contributed by atoms with Crippen molar-refractivity contribution in [1.29, 1.82) is 0 Å². The molecule has 2 heteroatoms. The smallest absolute Gasteiger partial charge is 0.00145 e. The van der Waals surface area contributed by atoms with Crippen LogP contribution in [0.3, 0.4) is 0 Å². The van der Waals surface area contributed by atoms with E-state index in [0.29, 0.717) is 0 Å². The summed E-state index contributed by atoms with van der Waals surface area (Å²) < 4.78 is 0. The lowest BCUT2D eigenvalue weighted by Gasteiger charge is -1.93. The molecule has 1 saturated heterocycles. The molecule has 2 atom stereocenters. The first-order chi connectivity index (χ1) is 3.43. The van der Waals surface area contributed by atoms with Crippen molar-refractivity contribution in [3.05, 3.63) is 12.7 Å². The maximum atomic E-state index is 3.70. The van der Waals surface area contributed by atoms with Crippen molar-refractivity contribution in [2.75, 3.05) is 13.1 Å². The van der Waals surface area contributed by atoms with Gasteiger partial charge in [0.05, 0.1) is 0 Å². The fourth-order valence-electron chi connectivity index (χ4n) is 0.878. The second-order valence-corrected chi connectivity index (χ2v) is 1.99. The molecule has 1 heterocycles. The molecule has 1 N–H and O–H groups in total. The van der Waals surface area contributed by atoms with E-state index in [9.17, 15) is 0 Å². The molecule has 0 aromatic carbocycles. The maximum absolute atomic E-state index is 3.70. The third-order valence-corrected chi connectivity index (χ3v) is 1.43. The monoisotopic (exact) mass is 131 g/mol. The fraction of sp³-hybridized carbons (Fsp3) is 0.667. The molecule has 1 rings (SSSR count). The first kappa shape index (κ1) is 8.13. The van der Waals surface area contributed by atoms with Gasteiger partial charge in [0, 0.05) is 6.54 Å². The molecule has 0 spiro atoms. The van der Waals surface area contributed by atoms with Crippen molar-refractivity contribution in [1.82, 2.24) is 5.32 Å². The van der Waals surface area contributed by atoms with Crippen molar-refractivity contribution in [2.24, 2.45) is 5.92 Å². The Hall–Kier alpha value is 0.130. The molecule has 0 radical (unpaired) electrons. The quantitative estimate of drug-likeness (QED) is 0.410. The van der Waals surface area contributed by atoms with Crippen LogP contribution in [0, 0.1) is 5.92 Å². The highest BCUT2D eigenvalue weighted by Crippen LogP contribution is 2.06. The van der Waals surface area contributed by atoms with Gasteiger partial charge in [-0.15, -0.1) is 6.58 Å². The SMILES string of the molecule is C=CC1CCNC1.P. The molecule has 0 saturated carbocycles. The highest BCUT2D eigenvalue weighted by molar-refractivity contribution is 6.92. The van der Waals surface area contributed by atoms with E-state index in [4.69, 9.17) is 0 Å². The molecule has 48 valence electrons. The summed E-state index contributed by atoms with van der Waals surface area (Å²) in [4.78, 5) is 0. The molecule has 1 fully saturated rings. The minimum atomic E-state index is 0. The van der Waals surface area contributed by atoms with Crippen molar-refractivity contribution < 1.29 is 0 Å². The van der Waals surface area contributed by atoms with E-state index in [-0.39, 0.29) is 9.90 Å². The summed E-state index contributed by atoms with van der Waals surface area (Å²) in [6.07, 6.45) is 3.31. The first-order valence-electron chi connectivity index (χ1n) is 2.77. The average Bonchev–Trinajstić information content (AvgIpc) is 2.14. The Bertz CT molecular complexity index is 66.9. The van der Waals surface area contributed by atoms with Crippen LogP contribution in [0.1, 0.15) is 6.42 Å². The third-order valence-electron chi connectivity index (χ3n) is 1.43. The standard InChI is InChI=1S/C6H11N.H3P/c1-2-6-3-4-7-5-6;/h2,6-7H,1,3-5H2;1H3. The fourth-order valence-corrected chi connectivity index (χ4v) is 0.878. The predicted octanol–water partition coefficient (Wildman–Crippen LogP) is 0.840. The molecular formula is C6H14NP. The molecule has 0 aliphatic carbocycles. The van der Waals surface area contributed by atoms with Gasteiger partial charge in [0.15, 0.2) is 0 Å². The Morgan fingerprint density at radius 3 is 2.62 bits per heavy atom. The lowest BCUT2D eigenvalue weighted by Crippen LogP contribution is -2.06. The largest absolute Gasteiger partial charge is 0.316 e. The molecule has 8 heavy (non-hydrogen) atoms. The number of nitrogens with one attached hydrogen (secondary N) is 1. The third kappa shape index (κ3) is 1.94. The van der Waals surface area contributed by atoms with Crippen LogP contribution in [0.5, 0.6) is 0 Å². The minimum absolute atomic E-state index is 0. The summed E-state index contributed by atoms with van der Waals surface area (Å²) in [5.74, 6) is 0.750. The maximum Gasteiger partial charge on any atom is 0.00145 e. The Morgan fingerprint density at radius 2 is 2.38 bits per heavy atom. The van der Waals surface area contributed by atoms with Crippen LogP contribution >= 0.6 is 9.90 Å². The van der Waals surface area contributed by atoms with Gasteiger partial charge < -0.3 is 5.32 Å². The average molecular weight is 131 g/mol. The van der Waals surface area contributed by atoms with Crippen molar-refractivity contribution in [3.63, 3.8) is 0 Å². The molecule has 1 nitrogen and oxygen atoms in total. The van der Waals surface area contributed by atoms with Crippen LogP contribution in [0.2, 0.25) is 0 Å². The van der Waals surface area contributed by atoms with Gasteiger partial charge in [0.2, 0.25) is 0 Å². The van der Waals surface area contributed by atoms with Crippen LogP contribution in [0.4, 0.5) is 0 Å². The van der Waals surface area contributed by atoms with Gasteiger partial charge >= 0.3 is 0 Å². The molecule has 1 aliphatic rings. The molecule has 1 aliphatic heterocycles. The number of hydrogen-bond acceptors (Lipinski definition) is 1. The molecule has 0 amide bonds. The molecule has 0 aromatic heterocycles. The second kappa shape index (κ2) is 4.05. The van der Waals surface area contributed by atoms with E-state index < -0.39 is 0 Å². The van der Waals surface area contributed by atoms with E-state index in [2.05, 4.69) is 11.9 Å². The normalized spacial score (nSPS) is 26.8. The number of hydrogen-bond donors (Lipinski definition) is 1. The van der Waals surface area contributed by atoms with E-state index in [1.54, 1.807) is 0 Å². The van der Waals surface area contributed by atoms with E-state index in [0.717, 1.165) is 12.5 Å². The Morgan fingerprint density at radius 1 is 1.62 bits per heavy atom. The lowest BCUT2D eigenvalue weighted by atomic mass is 10.1. The van der Waals surface area contributed by atoms with Crippen LogP contribution in [-0.2, 0) is 0 Å². The Kier molecular flexibility index (Phi) is 4.12. The van der Waals surface area contributed by atoms with Crippen LogP contribution in [0.15, 0.2) is 12.7 Å².